The molecule has 0 aliphatic carbocycles. The van der Waals surface area contributed by atoms with Crippen LogP contribution in [0.1, 0.15) is 0 Å². The first-order chi connectivity index (χ1) is 23.6. The number of nitrogens with zero attached hydrogens (tertiary/aromatic N) is 4. The number of imidazole rings is 1. The zero-order valence-electron chi connectivity index (χ0n) is 25.7. The maximum Gasteiger partial charge on any atom is 0.345 e. The second kappa shape index (κ2) is 12.3. The molecule has 48 heavy (non-hydrogen) atoms. The summed E-state index contributed by atoms with van der Waals surface area (Å²) in [7, 11) is 1.65. The molecule has 0 saturated carbocycles. The highest BCUT2D eigenvalue weighted by Gasteiger charge is 2.27. The molecule has 0 fully saturated rings. The number of para-hydroxylation sites is 1. The van der Waals surface area contributed by atoms with E-state index in [2.05, 4.69) is 44.8 Å². The maximum absolute atomic E-state index is 13.7. The lowest BCUT2D eigenvalue weighted by molar-refractivity contribution is 0.415. The number of methoxy groups -OCH3 is 1. The largest absolute Gasteiger partial charge is 0.497 e. The molecule has 3 heterocycles. The smallest absolute Gasteiger partial charge is 0.345 e. The lowest BCUT2D eigenvalue weighted by atomic mass is 10.0. The zero-order chi connectivity index (χ0) is 32.6. The van der Waals surface area contributed by atoms with Gasteiger partial charge in [-0.05, 0) is 60.7 Å². The van der Waals surface area contributed by atoms with Gasteiger partial charge in [0.1, 0.15) is 22.9 Å². The Hall–Kier alpha value is -5.99. The summed E-state index contributed by atoms with van der Waals surface area (Å²) in [5, 5.41) is 5.81. The van der Waals surface area contributed by atoms with Crippen molar-refractivity contribution in [3.8, 4) is 62.3 Å². The van der Waals surface area contributed by atoms with Crippen molar-refractivity contribution in [2.45, 2.75) is 0 Å². The summed E-state index contributed by atoms with van der Waals surface area (Å²) >= 11 is 3.56. The molecule has 0 atom stereocenters. The van der Waals surface area contributed by atoms with Gasteiger partial charge in [-0.1, -0.05) is 94.8 Å². The van der Waals surface area contributed by atoms with E-state index in [0.29, 0.717) is 28.2 Å². The minimum atomic E-state index is -0.487. The quantitative estimate of drug-likeness (QED) is 0.156. The summed E-state index contributed by atoms with van der Waals surface area (Å²) in [6.07, 6.45) is 1.93. The molecule has 8 heteroatoms. The van der Waals surface area contributed by atoms with Crippen LogP contribution in [0.15, 0.2) is 159 Å². The summed E-state index contributed by atoms with van der Waals surface area (Å²) in [6.45, 7) is 0. The van der Waals surface area contributed by atoms with Crippen LogP contribution >= 0.6 is 15.9 Å². The minimum absolute atomic E-state index is 0.331. The van der Waals surface area contributed by atoms with Crippen molar-refractivity contribution in [3.05, 3.63) is 161 Å². The molecule has 0 N–H and O–H groups in total. The Morgan fingerprint density at radius 3 is 2.04 bits per heavy atom. The highest BCUT2D eigenvalue weighted by Crippen LogP contribution is 2.41. The minimum Gasteiger partial charge on any atom is -0.497 e. The second-order valence-electron chi connectivity index (χ2n) is 11.2. The van der Waals surface area contributed by atoms with Crippen LogP contribution in [0.25, 0.3) is 67.5 Å². The molecule has 3 aromatic heterocycles. The second-order valence-corrected chi connectivity index (χ2v) is 12.1. The average molecular weight is 692 g/mol. The zero-order valence-corrected chi connectivity index (χ0v) is 27.3. The predicted molar refractivity (Wildman–Crippen MR) is 193 cm³/mol. The first kappa shape index (κ1) is 29.4. The Bertz CT molecular complexity index is 2450. The number of fused-ring (bicyclic) bond motifs is 1. The van der Waals surface area contributed by atoms with E-state index in [-0.39, 0.29) is 0 Å². The Labute approximate surface area is 284 Å². The van der Waals surface area contributed by atoms with Crippen molar-refractivity contribution >= 4 is 26.9 Å². The van der Waals surface area contributed by atoms with Gasteiger partial charge in [0.15, 0.2) is 0 Å². The number of benzene rings is 5. The van der Waals surface area contributed by atoms with Crippen molar-refractivity contribution in [1.82, 2.24) is 19.3 Å². The summed E-state index contributed by atoms with van der Waals surface area (Å²) in [5.41, 5.74) is 6.79. The van der Waals surface area contributed by atoms with Gasteiger partial charge >= 0.3 is 5.63 Å². The van der Waals surface area contributed by atoms with Gasteiger partial charge in [-0.15, -0.1) is 0 Å². The van der Waals surface area contributed by atoms with Gasteiger partial charge in [0.25, 0.3) is 0 Å². The van der Waals surface area contributed by atoms with E-state index in [1.54, 1.807) is 17.9 Å². The number of hydrogen-bond acceptors (Lipinski definition) is 5. The molecular formula is C40H27BrN4O3. The molecule has 0 aliphatic heterocycles. The highest BCUT2D eigenvalue weighted by molar-refractivity contribution is 9.10. The fourth-order valence-corrected chi connectivity index (χ4v) is 6.33. The Kier molecular flexibility index (Phi) is 7.55. The van der Waals surface area contributed by atoms with Gasteiger partial charge in [-0.2, -0.15) is 5.10 Å². The van der Waals surface area contributed by atoms with E-state index in [9.17, 15) is 4.79 Å². The monoisotopic (exact) mass is 690 g/mol. The standard InChI is InChI=1S/C40H27BrN4O3/c1-47-32-20-18-31(19-21-32)45-38(27-13-7-3-8-14-27)36(26-11-5-2-6-12-26)42-39(45)34-25-44(30-15-9-4-10-16-30)43-37(34)33-24-28-23-29(41)17-22-35(28)48-40(33)46/h2-25H,1H3. The van der Waals surface area contributed by atoms with Gasteiger partial charge < -0.3 is 9.15 Å². The van der Waals surface area contributed by atoms with Gasteiger partial charge in [-0.3, -0.25) is 4.57 Å². The molecule has 7 nitrogen and oxygen atoms in total. The molecule has 5 aromatic carbocycles. The molecule has 0 aliphatic rings. The maximum atomic E-state index is 13.7. The summed E-state index contributed by atoms with van der Waals surface area (Å²) in [6, 6.07) is 45.4. The Balaban J connectivity index is 1.48. The van der Waals surface area contributed by atoms with Crippen LogP contribution in [0.5, 0.6) is 5.75 Å². The van der Waals surface area contributed by atoms with Gasteiger partial charge in [0, 0.05) is 32.9 Å². The van der Waals surface area contributed by atoms with Crippen molar-refractivity contribution in [1.29, 1.82) is 0 Å². The first-order valence-corrected chi connectivity index (χ1v) is 16.1. The van der Waals surface area contributed by atoms with Crippen LogP contribution in [-0.2, 0) is 0 Å². The third kappa shape index (κ3) is 5.32. The highest BCUT2D eigenvalue weighted by atomic mass is 79.9. The van der Waals surface area contributed by atoms with Crippen molar-refractivity contribution in [2.24, 2.45) is 0 Å². The van der Waals surface area contributed by atoms with E-state index in [1.165, 1.54) is 0 Å². The van der Waals surface area contributed by atoms with E-state index in [0.717, 1.165) is 49.5 Å². The Morgan fingerprint density at radius 1 is 0.688 bits per heavy atom. The number of ether oxygens (including phenoxy) is 1. The van der Waals surface area contributed by atoms with Gasteiger partial charge in [-0.25, -0.2) is 14.5 Å². The third-order valence-corrected chi connectivity index (χ3v) is 8.72. The third-order valence-electron chi connectivity index (χ3n) is 8.23. The average Bonchev–Trinajstić information content (AvgIpc) is 3.76. The van der Waals surface area contributed by atoms with Crippen molar-refractivity contribution in [3.63, 3.8) is 0 Å². The van der Waals surface area contributed by atoms with Crippen molar-refractivity contribution in [2.75, 3.05) is 7.11 Å². The predicted octanol–water partition coefficient (Wildman–Crippen LogP) is 9.60. The molecule has 0 bridgehead atoms. The van der Waals surface area contributed by atoms with E-state index in [1.807, 2.05) is 115 Å². The number of aromatic nitrogens is 4. The van der Waals surface area contributed by atoms with E-state index < -0.39 is 5.63 Å². The van der Waals surface area contributed by atoms with Crippen LogP contribution in [0.3, 0.4) is 0 Å². The van der Waals surface area contributed by atoms with Crippen LogP contribution in [-0.4, -0.2) is 26.4 Å². The molecule has 8 aromatic rings. The number of rotatable bonds is 7. The Morgan fingerprint density at radius 2 is 1.35 bits per heavy atom. The number of halogens is 1. The van der Waals surface area contributed by atoms with Crippen molar-refractivity contribution < 1.29 is 9.15 Å². The normalized spacial score (nSPS) is 11.2. The molecule has 0 spiro atoms. The van der Waals surface area contributed by atoms with Crippen LogP contribution in [0, 0.1) is 0 Å². The van der Waals surface area contributed by atoms with Crippen LogP contribution in [0.4, 0.5) is 0 Å². The lowest BCUT2D eigenvalue weighted by Gasteiger charge is -2.14. The number of hydrogen-bond donors (Lipinski definition) is 0. The molecule has 8 rings (SSSR count). The molecule has 0 unspecified atom stereocenters. The lowest BCUT2D eigenvalue weighted by Crippen LogP contribution is -2.06. The summed E-state index contributed by atoms with van der Waals surface area (Å²) < 4.78 is 16.1. The van der Waals surface area contributed by atoms with E-state index in [4.69, 9.17) is 19.2 Å². The molecular weight excluding hydrogens is 664 g/mol. The summed E-state index contributed by atoms with van der Waals surface area (Å²) in [4.78, 5) is 19.1. The van der Waals surface area contributed by atoms with Gasteiger partial charge in [0.2, 0.25) is 0 Å². The van der Waals surface area contributed by atoms with E-state index >= 15 is 0 Å². The first-order valence-electron chi connectivity index (χ1n) is 15.3. The van der Waals surface area contributed by atoms with Crippen LogP contribution < -0.4 is 10.4 Å². The topological polar surface area (TPSA) is 75.1 Å². The fourth-order valence-electron chi connectivity index (χ4n) is 5.95. The fraction of sp³-hybridized carbons (Fsp3) is 0.0250. The SMILES string of the molecule is COc1ccc(-n2c(-c3cn(-c4ccccc4)nc3-c3cc4cc(Br)ccc4oc3=O)nc(-c3ccccc3)c2-c2ccccc2)cc1. The molecule has 232 valence electrons. The summed E-state index contributed by atoms with van der Waals surface area (Å²) in [5.74, 6) is 1.35. The molecule has 0 saturated heterocycles. The molecule has 0 amide bonds. The van der Waals surface area contributed by atoms with Gasteiger partial charge in [0.05, 0.1) is 35.3 Å². The van der Waals surface area contributed by atoms with Crippen LogP contribution in [0.2, 0.25) is 0 Å². The molecule has 0 radical (unpaired) electrons.